The lowest BCUT2D eigenvalue weighted by Gasteiger charge is -2.12. The quantitative estimate of drug-likeness (QED) is 0.841. The molecule has 0 saturated carbocycles. The predicted molar refractivity (Wildman–Crippen MR) is 56.1 cm³/mol. The number of hydrogen-bond acceptors (Lipinski definition) is 1. The fourth-order valence-corrected chi connectivity index (χ4v) is 1.64. The highest BCUT2D eigenvalue weighted by molar-refractivity contribution is 5.70. The Morgan fingerprint density at radius 2 is 1.94 bits per heavy atom. The number of hydrogen-bond donors (Lipinski definition) is 1. The highest BCUT2D eigenvalue weighted by atomic mass is 19.1. The van der Waals surface area contributed by atoms with Crippen LogP contribution in [-0.2, 0) is 11.2 Å². The molecule has 0 fully saturated rings. The smallest absolute Gasteiger partial charge is 0.306 e. The monoisotopic (exact) mass is 228 g/mol. The first-order valence-corrected chi connectivity index (χ1v) is 5.22. The molecule has 0 aromatic heterocycles. The van der Waals surface area contributed by atoms with E-state index in [1.54, 1.807) is 0 Å². The van der Waals surface area contributed by atoms with E-state index in [4.69, 9.17) is 5.11 Å². The summed E-state index contributed by atoms with van der Waals surface area (Å²) in [6, 6.07) is 3.55. The molecule has 0 aliphatic rings. The van der Waals surface area contributed by atoms with E-state index in [-0.39, 0.29) is 12.0 Å². The predicted octanol–water partition coefficient (Wildman–Crippen LogP) is 3.01. The SMILES string of the molecule is CCCC(Cc1c(F)cccc1F)C(=O)O. The van der Waals surface area contributed by atoms with E-state index < -0.39 is 23.5 Å². The Balaban J connectivity index is 2.89. The van der Waals surface area contributed by atoms with Gasteiger partial charge in [-0.15, -0.1) is 0 Å². The van der Waals surface area contributed by atoms with Crippen molar-refractivity contribution in [3.8, 4) is 0 Å². The number of carboxylic acids is 1. The van der Waals surface area contributed by atoms with Gasteiger partial charge in [0.05, 0.1) is 5.92 Å². The fourth-order valence-electron chi connectivity index (χ4n) is 1.64. The summed E-state index contributed by atoms with van der Waals surface area (Å²) in [7, 11) is 0. The molecule has 1 aromatic carbocycles. The second-order valence-corrected chi connectivity index (χ2v) is 3.73. The topological polar surface area (TPSA) is 37.3 Å². The summed E-state index contributed by atoms with van der Waals surface area (Å²) in [5.41, 5.74) is -0.136. The van der Waals surface area contributed by atoms with Gasteiger partial charge in [-0.05, 0) is 25.0 Å². The minimum Gasteiger partial charge on any atom is -0.481 e. The molecule has 1 N–H and O–H groups in total. The molecule has 0 radical (unpaired) electrons. The van der Waals surface area contributed by atoms with Crippen molar-refractivity contribution in [2.45, 2.75) is 26.2 Å². The van der Waals surface area contributed by atoms with Crippen molar-refractivity contribution in [3.63, 3.8) is 0 Å². The summed E-state index contributed by atoms with van der Waals surface area (Å²) in [4.78, 5) is 10.9. The number of halogens is 2. The van der Waals surface area contributed by atoms with Crippen LogP contribution in [0.1, 0.15) is 25.3 Å². The van der Waals surface area contributed by atoms with Crippen molar-refractivity contribution in [2.75, 3.05) is 0 Å². The van der Waals surface area contributed by atoms with E-state index >= 15 is 0 Å². The second-order valence-electron chi connectivity index (χ2n) is 3.73. The van der Waals surface area contributed by atoms with Gasteiger partial charge < -0.3 is 5.11 Å². The number of carboxylic acid groups (broad SMARTS) is 1. The van der Waals surface area contributed by atoms with Gasteiger partial charge in [0.25, 0.3) is 0 Å². The molecule has 16 heavy (non-hydrogen) atoms. The second kappa shape index (κ2) is 5.58. The molecule has 4 heteroatoms. The van der Waals surface area contributed by atoms with E-state index in [1.807, 2.05) is 6.92 Å². The van der Waals surface area contributed by atoms with Crippen molar-refractivity contribution in [3.05, 3.63) is 35.4 Å². The minimum absolute atomic E-state index is 0.0956. The van der Waals surface area contributed by atoms with Gasteiger partial charge in [-0.2, -0.15) is 0 Å². The van der Waals surface area contributed by atoms with Gasteiger partial charge in [0.1, 0.15) is 11.6 Å². The Kier molecular flexibility index (Phi) is 4.40. The number of benzene rings is 1. The van der Waals surface area contributed by atoms with E-state index in [9.17, 15) is 13.6 Å². The minimum atomic E-state index is -1.01. The van der Waals surface area contributed by atoms with Crippen molar-refractivity contribution in [1.82, 2.24) is 0 Å². The van der Waals surface area contributed by atoms with Crippen LogP contribution >= 0.6 is 0 Å². The number of carbonyl (C=O) groups is 1. The molecular formula is C12H14F2O2. The first kappa shape index (κ1) is 12.6. The molecule has 0 amide bonds. The van der Waals surface area contributed by atoms with Crippen molar-refractivity contribution in [1.29, 1.82) is 0 Å². The summed E-state index contributed by atoms with van der Waals surface area (Å²) >= 11 is 0. The Hall–Kier alpha value is -1.45. The van der Waals surface area contributed by atoms with E-state index in [0.717, 1.165) is 12.1 Å². The zero-order chi connectivity index (χ0) is 12.1. The molecule has 0 aliphatic carbocycles. The molecule has 1 atom stereocenters. The standard InChI is InChI=1S/C12H14F2O2/c1-2-4-8(12(15)16)7-9-10(13)5-3-6-11(9)14/h3,5-6,8H,2,4,7H2,1H3,(H,15,16). The van der Waals surface area contributed by atoms with Crippen molar-refractivity contribution >= 4 is 5.97 Å². The first-order valence-electron chi connectivity index (χ1n) is 5.22. The maximum Gasteiger partial charge on any atom is 0.306 e. The first-order chi connectivity index (χ1) is 7.56. The van der Waals surface area contributed by atoms with Crippen molar-refractivity contribution < 1.29 is 18.7 Å². The van der Waals surface area contributed by atoms with Crippen LogP contribution < -0.4 is 0 Å². The van der Waals surface area contributed by atoms with Crippen molar-refractivity contribution in [2.24, 2.45) is 5.92 Å². The van der Waals surface area contributed by atoms with Crippen LogP contribution in [0.25, 0.3) is 0 Å². The number of rotatable bonds is 5. The van der Waals surface area contributed by atoms with Crippen LogP contribution in [0.5, 0.6) is 0 Å². The Morgan fingerprint density at radius 3 is 2.38 bits per heavy atom. The summed E-state index contributed by atoms with van der Waals surface area (Å²) < 4.78 is 26.6. The average Bonchev–Trinajstić information content (AvgIpc) is 2.21. The van der Waals surface area contributed by atoms with Gasteiger partial charge in [0.15, 0.2) is 0 Å². The van der Waals surface area contributed by atoms with Gasteiger partial charge >= 0.3 is 5.97 Å². The van der Waals surface area contributed by atoms with E-state index in [0.29, 0.717) is 12.8 Å². The zero-order valence-corrected chi connectivity index (χ0v) is 9.04. The Labute approximate surface area is 92.9 Å². The summed E-state index contributed by atoms with van der Waals surface area (Å²) in [6.07, 6.45) is 0.998. The Morgan fingerprint density at radius 1 is 1.38 bits per heavy atom. The normalized spacial score (nSPS) is 12.4. The van der Waals surface area contributed by atoms with Gasteiger partial charge in [0, 0.05) is 5.56 Å². The molecule has 2 nitrogen and oxygen atoms in total. The number of aliphatic carboxylic acids is 1. The van der Waals surface area contributed by atoms with Crippen LogP contribution in [-0.4, -0.2) is 11.1 Å². The zero-order valence-electron chi connectivity index (χ0n) is 9.04. The highest BCUT2D eigenvalue weighted by Gasteiger charge is 2.20. The molecule has 0 aliphatic heterocycles. The lowest BCUT2D eigenvalue weighted by Crippen LogP contribution is -2.17. The molecule has 1 rings (SSSR count). The van der Waals surface area contributed by atoms with Crippen LogP contribution in [0.3, 0.4) is 0 Å². The largest absolute Gasteiger partial charge is 0.481 e. The van der Waals surface area contributed by atoms with Gasteiger partial charge in [-0.25, -0.2) is 8.78 Å². The lowest BCUT2D eigenvalue weighted by atomic mass is 9.94. The molecule has 0 saturated heterocycles. The van der Waals surface area contributed by atoms with Crippen LogP contribution in [0.4, 0.5) is 8.78 Å². The molecule has 0 bridgehead atoms. The average molecular weight is 228 g/mol. The van der Waals surface area contributed by atoms with E-state index in [2.05, 4.69) is 0 Å². The molecule has 0 heterocycles. The van der Waals surface area contributed by atoms with Gasteiger partial charge in [0.2, 0.25) is 0 Å². The molecule has 88 valence electrons. The van der Waals surface area contributed by atoms with Gasteiger partial charge in [-0.3, -0.25) is 4.79 Å². The molecule has 0 spiro atoms. The molecule has 1 unspecified atom stereocenters. The third-order valence-electron chi connectivity index (χ3n) is 2.50. The van der Waals surface area contributed by atoms with Crippen LogP contribution in [0, 0.1) is 17.6 Å². The third kappa shape index (κ3) is 3.02. The summed E-state index contributed by atoms with van der Waals surface area (Å²) in [5.74, 6) is -3.09. The maximum atomic E-state index is 13.3. The molecule has 1 aromatic rings. The highest BCUT2D eigenvalue weighted by Crippen LogP contribution is 2.19. The summed E-state index contributed by atoms with van der Waals surface area (Å²) in [5, 5.41) is 8.90. The van der Waals surface area contributed by atoms with E-state index in [1.165, 1.54) is 6.07 Å². The lowest BCUT2D eigenvalue weighted by molar-refractivity contribution is -0.141. The Bertz CT molecular complexity index is 357. The fraction of sp³-hybridized carbons (Fsp3) is 0.417. The van der Waals surface area contributed by atoms with Crippen LogP contribution in [0.2, 0.25) is 0 Å². The summed E-state index contributed by atoms with van der Waals surface area (Å²) in [6.45, 7) is 1.84. The van der Waals surface area contributed by atoms with Crippen LogP contribution in [0.15, 0.2) is 18.2 Å². The maximum absolute atomic E-state index is 13.3. The van der Waals surface area contributed by atoms with Gasteiger partial charge in [-0.1, -0.05) is 19.4 Å². The molecular weight excluding hydrogens is 214 g/mol. The third-order valence-corrected chi connectivity index (χ3v) is 2.50.